The summed E-state index contributed by atoms with van der Waals surface area (Å²) in [7, 11) is -4.24. The summed E-state index contributed by atoms with van der Waals surface area (Å²) in [6.07, 6.45) is 0.860. The van der Waals surface area contributed by atoms with Gasteiger partial charge in [-0.15, -0.1) is 0 Å². The fourth-order valence-corrected chi connectivity index (χ4v) is 7.54. The van der Waals surface area contributed by atoms with Crippen LogP contribution in [-0.4, -0.2) is 51.3 Å². The monoisotopic (exact) mass is 572 g/mol. The van der Waals surface area contributed by atoms with Crippen LogP contribution in [0.15, 0.2) is 60.7 Å². The average Bonchev–Trinajstić information content (AvgIpc) is 3.43. The normalized spacial score (nSPS) is 19.5. The maximum Gasteiger partial charge on any atom is 0.408 e. The van der Waals surface area contributed by atoms with Crippen LogP contribution in [0.5, 0.6) is 0 Å². The molecule has 2 aromatic rings. The fourth-order valence-electron chi connectivity index (χ4n) is 4.97. The van der Waals surface area contributed by atoms with Crippen molar-refractivity contribution in [2.75, 3.05) is 0 Å². The number of carbonyl (C=O) groups excluding carboxylic acids is 2. The summed E-state index contributed by atoms with van der Waals surface area (Å²) in [6, 6.07) is 16.8. The first-order valence-electron chi connectivity index (χ1n) is 13.3. The van der Waals surface area contributed by atoms with Gasteiger partial charge in [-0.1, -0.05) is 67.1 Å². The Morgan fingerprint density at radius 1 is 1.02 bits per heavy atom. The Labute approximate surface area is 233 Å². The van der Waals surface area contributed by atoms with Crippen LogP contribution in [0.3, 0.4) is 0 Å². The van der Waals surface area contributed by atoms with E-state index in [4.69, 9.17) is 15.9 Å². The number of nitrogens with two attached hydrogens (primary N) is 1. The second kappa shape index (κ2) is 14.6. The number of amides is 2. The van der Waals surface area contributed by atoms with Gasteiger partial charge in [-0.3, -0.25) is 14.8 Å². The lowest BCUT2D eigenvalue weighted by atomic mass is 10.0. The van der Waals surface area contributed by atoms with Crippen LogP contribution >= 0.6 is 7.37 Å². The Morgan fingerprint density at radius 3 is 2.25 bits per heavy atom. The van der Waals surface area contributed by atoms with Crippen molar-refractivity contribution >= 4 is 31.2 Å². The highest BCUT2D eigenvalue weighted by Crippen LogP contribution is 2.58. The molecule has 1 aliphatic carbocycles. The highest BCUT2D eigenvalue weighted by atomic mass is 31.2. The van der Waals surface area contributed by atoms with E-state index in [1.54, 1.807) is 48.5 Å². The SMILES string of the molecule is N=C(N)CCC[C@H](NC(=O)C1CCCC1P(=O)(O)[C@H](Cc1ccccc1)NC(=O)OCc1ccccc1)C(=O)O. The van der Waals surface area contributed by atoms with E-state index >= 15 is 0 Å². The first-order chi connectivity index (χ1) is 19.1. The van der Waals surface area contributed by atoms with Crippen LogP contribution < -0.4 is 16.4 Å². The summed E-state index contributed by atoms with van der Waals surface area (Å²) in [5.74, 6) is -4.04. The molecule has 11 nitrogen and oxygen atoms in total. The third kappa shape index (κ3) is 8.93. The lowest BCUT2D eigenvalue weighted by Gasteiger charge is -2.31. The molecule has 1 fully saturated rings. The van der Waals surface area contributed by atoms with Crippen LogP contribution in [0.2, 0.25) is 0 Å². The van der Waals surface area contributed by atoms with Crippen molar-refractivity contribution < 1.29 is 33.7 Å². The van der Waals surface area contributed by atoms with Gasteiger partial charge in [0, 0.05) is 24.4 Å². The number of carboxylic acid groups (broad SMARTS) is 1. The number of benzene rings is 2. The van der Waals surface area contributed by atoms with E-state index in [0.29, 0.717) is 19.3 Å². The Kier molecular flexibility index (Phi) is 11.3. The largest absolute Gasteiger partial charge is 0.480 e. The van der Waals surface area contributed by atoms with Crippen LogP contribution in [0.4, 0.5) is 4.79 Å². The Balaban J connectivity index is 1.75. The molecule has 1 saturated carbocycles. The van der Waals surface area contributed by atoms with Gasteiger partial charge in [0.1, 0.15) is 18.4 Å². The Morgan fingerprint density at radius 2 is 1.65 bits per heavy atom. The maximum absolute atomic E-state index is 14.1. The molecular formula is C28H37N4O7P. The molecule has 0 saturated heterocycles. The third-order valence-corrected chi connectivity index (χ3v) is 9.83. The van der Waals surface area contributed by atoms with E-state index in [2.05, 4.69) is 10.6 Å². The third-order valence-electron chi connectivity index (χ3n) is 7.06. The molecule has 0 aliphatic heterocycles. The minimum atomic E-state index is -4.24. The van der Waals surface area contributed by atoms with Gasteiger partial charge in [0.25, 0.3) is 0 Å². The van der Waals surface area contributed by atoms with Gasteiger partial charge in [-0.05, 0) is 36.8 Å². The zero-order chi connectivity index (χ0) is 29.1. The number of carbonyl (C=O) groups is 3. The molecule has 40 heavy (non-hydrogen) atoms. The smallest absolute Gasteiger partial charge is 0.408 e. The van der Waals surface area contributed by atoms with E-state index in [1.807, 2.05) is 12.1 Å². The van der Waals surface area contributed by atoms with Crippen molar-refractivity contribution in [3.8, 4) is 0 Å². The molecule has 7 N–H and O–H groups in total. The molecule has 5 atom stereocenters. The number of hydrogen-bond acceptors (Lipinski definition) is 6. The van der Waals surface area contributed by atoms with Crippen molar-refractivity contribution in [2.24, 2.45) is 11.7 Å². The van der Waals surface area contributed by atoms with E-state index in [0.717, 1.165) is 11.1 Å². The van der Waals surface area contributed by atoms with Crippen molar-refractivity contribution in [3.63, 3.8) is 0 Å². The van der Waals surface area contributed by atoms with Crippen molar-refractivity contribution in [3.05, 3.63) is 71.8 Å². The second-order valence-corrected chi connectivity index (χ2v) is 12.6. The zero-order valence-electron chi connectivity index (χ0n) is 22.2. The number of alkyl carbamates (subject to hydrolysis) is 1. The Bertz CT molecular complexity index is 1210. The van der Waals surface area contributed by atoms with Crippen LogP contribution in [0.25, 0.3) is 0 Å². The van der Waals surface area contributed by atoms with Gasteiger partial charge in [0.2, 0.25) is 13.3 Å². The predicted octanol–water partition coefficient (Wildman–Crippen LogP) is 3.60. The van der Waals surface area contributed by atoms with Gasteiger partial charge in [0.15, 0.2) is 0 Å². The van der Waals surface area contributed by atoms with Crippen molar-refractivity contribution in [1.29, 1.82) is 5.41 Å². The van der Waals surface area contributed by atoms with Gasteiger partial charge >= 0.3 is 12.1 Å². The van der Waals surface area contributed by atoms with E-state index in [9.17, 15) is 28.9 Å². The number of carboxylic acids is 1. The van der Waals surface area contributed by atoms with Crippen molar-refractivity contribution in [1.82, 2.24) is 10.6 Å². The quantitative estimate of drug-likeness (QED) is 0.112. The molecule has 3 rings (SSSR count). The molecule has 0 spiro atoms. The minimum absolute atomic E-state index is 0.0187. The number of rotatable bonds is 14. The van der Waals surface area contributed by atoms with E-state index < -0.39 is 48.7 Å². The molecule has 1 aliphatic rings. The highest BCUT2D eigenvalue weighted by molar-refractivity contribution is 7.59. The fraction of sp³-hybridized carbons (Fsp3) is 0.429. The number of amidine groups is 1. The highest BCUT2D eigenvalue weighted by Gasteiger charge is 2.49. The molecule has 0 heterocycles. The molecule has 2 amide bonds. The van der Waals surface area contributed by atoms with Crippen LogP contribution in [0, 0.1) is 11.3 Å². The van der Waals surface area contributed by atoms with Gasteiger partial charge in [-0.25, -0.2) is 9.59 Å². The standard InChI is InChI=1S/C28H37N4O7P/c29-24(30)16-8-14-22(27(34)35)31-26(33)21-13-7-15-23(21)40(37,38)25(17-19-9-3-1-4-10-19)32-28(36)39-18-20-11-5-2-6-12-20/h1-6,9-12,21-23,25H,7-8,13-18H2,(H3,29,30)(H,31,33)(H,32,36)(H,34,35)(H,37,38)/t21?,22-,23?,25+/m0/s1. The average molecular weight is 573 g/mol. The molecule has 216 valence electrons. The first kappa shape index (κ1) is 30.8. The van der Waals surface area contributed by atoms with Crippen LogP contribution in [0.1, 0.15) is 49.7 Å². The predicted molar refractivity (Wildman–Crippen MR) is 150 cm³/mol. The topological polar surface area (TPSA) is 192 Å². The first-order valence-corrected chi connectivity index (χ1v) is 15.1. The summed E-state index contributed by atoms with van der Waals surface area (Å²) in [5.41, 5.74) is 5.85. The number of aliphatic carboxylic acids is 1. The number of ether oxygens (including phenoxy) is 1. The summed E-state index contributed by atoms with van der Waals surface area (Å²) in [5, 5.41) is 22.0. The van der Waals surface area contributed by atoms with Gasteiger partial charge < -0.3 is 31.1 Å². The molecule has 0 bridgehead atoms. The zero-order valence-corrected chi connectivity index (χ0v) is 23.1. The van der Waals surface area contributed by atoms with Gasteiger partial charge in [-0.2, -0.15) is 0 Å². The van der Waals surface area contributed by atoms with E-state index in [-0.39, 0.29) is 38.1 Å². The maximum atomic E-state index is 14.1. The molecule has 0 radical (unpaired) electrons. The molecule has 2 aromatic carbocycles. The molecule has 3 unspecified atom stereocenters. The lowest BCUT2D eigenvalue weighted by molar-refractivity contribution is -0.142. The van der Waals surface area contributed by atoms with Crippen LogP contribution in [-0.2, 0) is 31.9 Å². The molecule has 0 aromatic heterocycles. The molecule has 12 heteroatoms. The lowest BCUT2D eigenvalue weighted by Crippen LogP contribution is -2.46. The Hall–Kier alpha value is -3.69. The summed E-state index contributed by atoms with van der Waals surface area (Å²) in [6.45, 7) is -0.0187. The number of nitrogens with one attached hydrogen (secondary N) is 3. The minimum Gasteiger partial charge on any atom is -0.480 e. The molecular weight excluding hydrogens is 535 g/mol. The second-order valence-electron chi connectivity index (χ2n) is 10.0. The van der Waals surface area contributed by atoms with E-state index in [1.165, 1.54) is 0 Å². The van der Waals surface area contributed by atoms with Crippen molar-refractivity contribution in [2.45, 2.75) is 69.0 Å². The number of hydrogen-bond donors (Lipinski definition) is 6. The van der Waals surface area contributed by atoms with Gasteiger partial charge in [0.05, 0.1) is 5.84 Å². The summed E-state index contributed by atoms with van der Waals surface area (Å²) in [4.78, 5) is 49.1. The summed E-state index contributed by atoms with van der Waals surface area (Å²) >= 11 is 0. The summed E-state index contributed by atoms with van der Waals surface area (Å²) < 4.78 is 19.4.